The van der Waals surface area contributed by atoms with Crippen LogP contribution < -0.4 is 5.32 Å². The van der Waals surface area contributed by atoms with E-state index in [1.165, 1.54) is 0 Å². The number of aryl methyl sites for hydroxylation is 1. The minimum Gasteiger partial charge on any atom is -0.342 e. The number of aromatic nitrogens is 4. The molecule has 0 aliphatic carbocycles. The molecule has 6 nitrogen and oxygen atoms in total. The lowest BCUT2D eigenvalue weighted by Crippen LogP contribution is -2.41. The number of rotatable bonds is 3. The lowest BCUT2D eigenvalue weighted by Gasteiger charge is -2.24. The highest BCUT2D eigenvalue weighted by Crippen LogP contribution is 2.23. The molecular weight excluding hydrogens is 302 g/mol. The Balaban J connectivity index is 1.91. The third-order valence-corrected chi connectivity index (χ3v) is 3.83. The van der Waals surface area contributed by atoms with Crippen molar-refractivity contribution in [1.82, 2.24) is 25.3 Å². The van der Waals surface area contributed by atoms with Gasteiger partial charge in [0.2, 0.25) is 0 Å². The molecule has 0 bridgehead atoms. The number of hydrogen-bond donors (Lipinski definition) is 2. The van der Waals surface area contributed by atoms with E-state index in [1.807, 2.05) is 27.1 Å². The molecular formula is C15H16ClN5O. The molecule has 0 fully saturated rings. The quantitative estimate of drug-likeness (QED) is 0.779. The highest BCUT2D eigenvalue weighted by molar-refractivity contribution is 6.31. The summed E-state index contributed by atoms with van der Waals surface area (Å²) in [7, 11) is 1.84. The molecule has 1 aromatic carbocycles. The SMILES string of the molecule is Cn1cc(C(C)(C)NC(=O)c2n[nH]c3ccc(Cl)cc23)cn1. The second-order valence-electron chi connectivity index (χ2n) is 5.74. The number of hydrogen-bond acceptors (Lipinski definition) is 3. The van der Waals surface area contributed by atoms with Gasteiger partial charge in [-0.15, -0.1) is 0 Å². The first-order valence-electron chi connectivity index (χ1n) is 6.82. The monoisotopic (exact) mass is 317 g/mol. The Morgan fingerprint density at radius 3 is 2.86 bits per heavy atom. The highest BCUT2D eigenvalue weighted by Gasteiger charge is 2.26. The molecule has 7 heteroatoms. The van der Waals surface area contributed by atoms with Crippen LogP contribution in [0.5, 0.6) is 0 Å². The summed E-state index contributed by atoms with van der Waals surface area (Å²) in [5, 5.41) is 15.3. The molecule has 1 amide bonds. The number of amides is 1. The van der Waals surface area contributed by atoms with Crippen LogP contribution in [0.3, 0.4) is 0 Å². The van der Waals surface area contributed by atoms with Crippen LogP contribution in [0.2, 0.25) is 5.02 Å². The van der Waals surface area contributed by atoms with Crippen LogP contribution in [0.25, 0.3) is 10.9 Å². The Bertz CT molecular complexity index is 849. The summed E-state index contributed by atoms with van der Waals surface area (Å²) in [6, 6.07) is 5.28. The molecule has 0 aliphatic rings. The van der Waals surface area contributed by atoms with Crippen LogP contribution in [-0.2, 0) is 12.6 Å². The van der Waals surface area contributed by atoms with Crippen molar-refractivity contribution >= 4 is 28.4 Å². The average molecular weight is 318 g/mol. The molecule has 2 heterocycles. The maximum absolute atomic E-state index is 12.6. The van der Waals surface area contributed by atoms with Crippen molar-refractivity contribution in [2.45, 2.75) is 19.4 Å². The van der Waals surface area contributed by atoms with E-state index >= 15 is 0 Å². The van der Waals surface area contributed by atoms with Crippen molar-refractivity contribution in [3.8, 4) is 0 Å². The van der Waals surface area contributed by atoms with Gasteiger partial charge >= 0.3 is 0 Å². The molecule has 3 aromatic rings. The zero-order chi connectivity index (χ0) is 15.9. The second-order valence-corrected chi connectivity index (χ2v) is 6.18. The average Bonchev–Trinajstić information content (AvgIpc) is 3.04. The summed E-state index contributed by atoms with van der Waals surface area (Å²) in [6.45, 7) is 3.84. The molecule has 114 valence electrons. The van der Waals surface area contributed by atoms with Crippen LogP contribution in [0.4, 0.5) is 0 Å². The zero-order valence-electron chi connectivity index (χ0n) is 12.5. The van der Waals surface area contributed by atoms with Gasteiger partial charge in [0.25, 0.3) is 5.91 Å². The number of carbonyl (C=O) groups is 1. The molecule has 0 atom stereocenters. The van der Waals surface area contributed by atoms with E-state index in [9.17, 15) is 4.79 Å². The highest BCUT2D eigenvalue weighted by atomic mass is 35.5. The van der Waals surface area contributed by atoms with Gasteiger partial charge in [0.05, 0.1) is 17.3 Å². The first kappa shape index (κ1) is 14.6. The van der Waals surface area contributed by atoms with Crippen LogP contribution in [0, 0.1) is 0 Å². The molecule has 0 spiro atoms. The van der Waals surface area contributed by atoms with E-state index < -0.39 is 5.54 Å². The first-order chi connectivity index (χ1) is 10.4. The van der Waals surface area contributed by atoms with Crippen LogP contribution in [0.1, 0.15) is 29.9 Å². The molecule has 0 unspecified atom stereocenters. The van der Waals surface area contributed by atoms with Gasteiger partial charge in [-0.2, -0.15) is 10.2 Å². The molecule has 2 aromatic heterocycles. The van der Waals surface area contributed by atoms with Gasteiger partial charge < -0.3 is 5.32 Å². The summed E-state index contributed by atoms with van der Waals surface area (Å²) in [5.41, 5.74) is 1.46. The summed E-state index contributed by atoms with van der Waals surface area (Å²) in [6.07, 6.45) is 3.61. The topological polar surface area (TPSA) is 75.6 Å². The van der Waals surface area contributed by atoms with Crippen molar-refractivity contribution in [3.63, 3.8) is 0 Å². The van der Waals surface area contributed by atoms with Crippen molar-refractivity contribution in [1.29, 1.82) is 0 Å². The lowest BCUT2D eigenvalue weighted by molar-refractivity contribution is 0.0908. The van der Waals surface area contributed by atoms with Crippen LogP contribution >= 0.6 is 11.6 Å². The van der Waals surface area contributed by atoms with Crippen LogP contribution in [-0.4, -0.2) is 25.9 Å². The Labute approximate surface area is 132 Å². The molecule has 2 N–H and O–H groups in total. The molecule has 0 aliphatic heterocycles. The van der Waals surface area contributed by atoms with Gasteiger partial charge in [-0.25, -0.2) is 0 Å². The van der Waals surface area contributed by atoms with Gasteiger partial charge in [-0.05, 0) is 32.0 Å². The Morgan fingerprint density at radius 2 is 2.18 bits per heavy atom. The second kappa shape index (κ2) is 5.14. The molecule has 0 radical (unpaired) electrons. The van der Waals surface area contributed by atoms with Gasteiger partial charge in [-0.3, -0.25) is 14.6 Å². The third kappa shape index (κ3) is 2.57. The number of aromatic amines is 1. The van der Waals surface area contributed by atoms with E-state index in [2.05, 4.69) is 20.6 Å². The van der Waals surface area contributed by atoms with E-state index in [0.717, 1.165) is 11.1 Å². The van der Waals surface area contributed by atoms with E-state index in [1.54, 1.807) is 29.1 Å². The minimum atomic E-state index is -0.560. The largest absolute Gasteiger partial charge is 0.342 e. The number of fused-ring (bicyclic) bond motifs is 1. The predicted octanol–water partition coefficient (Wildman–Crippen LogP) is 2.61. The maximum atomic E-state index is 12.6. The van der Waals surface area contributed by atoms with E-state index in [0.29, 0.717) is 16.1 Å². The van der Waals surface area contributed by atoms with E-state index in [4.69, 9.17) is 11.6 Å². The summed E-state index contributed by atoms with van der Waals surface area (Å²) >= 11 is 6.00. The fraction of sp³-hybridized carbons (Fsp3) is 0.267. The smallest absolute Gasteiger partial charge is 0.273 e. The standard InChI is InChI=1S/C15H16ClN5O/c1-15(2,9-7-17-21(3)8-9)18-14(22)13-11-6-10(16)4-5-12(11)19-20-13/h4-8H,1-3H3,(H,18,22)(H,19,20). The van der Waals surface area contributed by atoms with Gasteiger partial charge in [-0.1, -0.05) is 11.6 Å². The van der Waals surface area contributed by atoms with Gasteiger partial charge in [0.1, 0.15) is 0 Å². The normalized spacial score (nSPS) is 11.8. The molecule has 0 saturated carbocycles. The summed E-state index contributed by atoms with van der Waals surface area (Å²) in [5.74, 6) is -0.262. The number of nitrogens with one attached hydrogen (secondary N) is 2. The Morgan fingerprint density at radius 1 is 1.41 bits per heavy atom. The van der Waals surface area contributed by atoms with Gasteiger partial charge in [0.15, 0.2) is 5.69 Å². The third-order valence-electron chi connectivity index (χ3n) is 3.59. The number of halogens is 1. The number of H-pyrrole nitrogens is 1. The van der Waals surface area contributed by atoms with Crippen molar-refractivity contribution in [3.05, 3.63) is 46.9 Å². The summed E-state index contributed by atoms with van der Waals surface area (Å²) in [4.78, 5) is 12.6. The number of nitrogens with zero attached hydrogens (tertiary/aromatic N) is 3. The first-order valence-corrected chi connectivity index (χ1v) is 7.20. The fourth-order valence-electron chi connectivity index (χ4n) is 2.32. The predicted molar refractivity (Wildman–Crippen MR) is 84.8 cm³/mol. The Hall–Kier alpha value is -2.34. The lowest BCUT2D eigenvalue weighted by atomic mass is 9.97. The molecule has 3 rings (SSSR count). The summed E-state index contributed by atoms with van der Waals surface area (Å²) < 4.78 is 1.70. The molecule has 0 saturated heterocycles. The van der Waals surface area contributed by atoms with Crippen molar-refractivity contribution in [2.75, 3.05) is 0 Å². The van der Waals surface area contributed by atoms with Crippen LogP contribution in [0.15, 0.2) is 30.6 Å². The Kier molecular flexibility index (Phi) is 3.41. The minimum absolute atomic E-state index is 0.262. The molecule has 22 heavy (non-hydrogen) atoms. The zero-order valence-corrected chi connectivity index (χ0v) is 13.3. The fourth-order valence-corrected chi connectivity index (χ4v) is 2.49. The van der Waals surface area contributed by atoms with Crippen molar-refractivity contribution in [2.24, 2.45) is 7.05 Å². The number of benzene rings is 1. The van der Waals surface area contributed by atoms with E-state index in [-0.39, 0.29) is 5.91 Å². The number of carbonyl (C=O) groups excluding carboxylic acids is 1. The maximum Gasteiger partial charge on any atom is 0.273 e. The van der Waals surface area contributed by atoms with Gasteiger partial charge in [0, 0.05) is 29.2 Å². The van der Waals surface area contributed by atoms with Crippen molar-refractivity contribution < 1.29 is 4.79 Å².